The maximum atomic E-state index is 12.3. The average Bonchev–Trinajstić information content (AvgIpc) is 2.46. The van der Waals surface area contributed by atoms with Gasteiger partial charge in [-0.05, 0) is 18.4 Å². The second-order valence-corrected chi connectivity index (χ2v) is 5.59. The Bertz CT molecular complexity index is 504. The molecule has 1 saturated heterocycles. The van der Waals surface area contributed by atoms with Crippen molar-refractivity contribution in [2.45, 2.75) is 32.5 Å². The van der Waals surface area contributed by atoms with Gasteiger partial charge in [0, 0.05) is 13.1 Å². The number of benzene rings is 1. The normalized spacial score (nSPS) is 23.0. The smallest absolute Gasteiger partial charge is 0.328 e. The molecule has 1 heterocycles. The Morgan fingerprint density at radius 2 is 2.05 bits per heavy atom. The first kappa shape index (κ1) is 15.5. The highest BCUT2D eigenvalue weighted by Crippen LogP contribution is 2.26. The number of carbonyl (C=O) groups excluding carboxylic acids is 2. The molecular weight excluding hydrogens is 268 g/mol. The molecule has 0 aromatic heterocycles. The number of methoxy groups -OCH3 is 1. The van der Waals surface area contributed by atoms with E-state index in [9.17, 15) is 9.59 Å². The van der Waals surface area contributed by atoms with Crippen LogP contribution in [0, 0.1) is 5.92 Å². The summed E-state index contributed by atoms with van der Waals surface area (Å²) in [7, 11) is 1.32. The van der Waals surface area contributed by atoms with Gasteiger partial charge in [0.15, 0.2) is 0 Å². The van der Waals surface area contributed by atoms with Gasteiger partial charge in [-0.2, -0.15) is 0 Å². The van der Waals surface area contributed by atoms with Crippen LogP contribution in [0.1, 0.15) is 19.4 Å². The van der Waals surface area contributed by atoms with Crippen LogP contribution in [0.3, 0.4) is 0 Å². The number of hydrogen-bond acceptors (Lipinski definition) is 4. The van der Waals surface area contributed by atoms with E-state index < -0.39 is 12.0 Å². The highest BCUT2D eigenvalue weighted by Gasteiger charge is 2.41. The monoisotopic (exact) mass is 290 g/mol. The van der Waals surface area contributed by atoms with E-state index in [0.29, 0.717) is 5.92 Å². The van der Waals surface area contributed by atoms with Crippen molar-refractivity contribution in [1.29, 1.82) is 0 Å². The van der Waals surface area contributed by atoms with Crippen molar-refractivity contribution < 1.29 is 14.3 Å². The molecule has 1 fully saturated rings. The molecule has 3 atom stereocenters. The molecule has 114 valence electrons. The SMILES string of the molecule is COC(=O)[C@H](C)NC(=O)C1[C@@H](C)CN1Cc1ccccc1. The van der Waals surface area contributed by atoms with E-state index in [-0.39, 0.29) is 11.9 Å². The van der Waals surface area contributed by atoms with E-state index >= 15 is 0 Å². The van der Waals surface area contributed by atoms with E-state index in [1.54, 1.807) is 6.92 Å². The number of carbonyl (C=O) groups is 2. The summed E-state index contributed by atoms with van der Waals surface area (Å²) in [6.45, 7) is 5.32. The molecule has 0 saturated carbocycles. The van der Waals surface area contributed by atoms with Crippen molar-refractivity contribution in [2.75, 3.05) is 13.7 Å². The fourth-order valence-electron chi connectivity index (χ4n) is 2.74. The van der Waals surface area contributed by atoms with Gasteiger partial charge in [0.2, 0.25) is 5.91 Å². The van der Waals surface area contributed by atoms with Crippen LogP contribution >= 0.6 is 0 Å². The van der Waals surface area contributed by atoms with Crippen LogP contribution in [0.4, 0.5) is 0 Å². The first-order valence-electron chi connectivity index (χ1n) is 7.19. The molecule has 1 aromatic rings. The number of nitrogens with one attached hydrogen (secondary N) is 1. The standard InChI is InChI=1S/C16H22N2O3/c1-11-9-18(10-13-7-5-4-6-8-13)14(11)15(19)17-12(2)16(20)21-3/h4-8,11-12,14H,9-10H2,1-3H3,(H,17,19)/t11-,12-,14?/m0/s1. The summed E-state index contributed by atoms with van der Waals surface area (Å²) in [5, 5.41) is 2.72. The Labute approximate surface area is 125 Å². The van der Waals surface area contributed by atoms with Crippen molar-refractivity contribution in [3.8, 4) is 0 Å². The van der Waals surface area contributed by atoms with Crippen LogP contribution in [-0.2, 0) is 20.9 Å². The maximum Gasteiger partial charge on any atom is 0.328 e. The van der Waals surface area contributed by atoms with Crippen molar-refractivity contribution in [1.82, 2.24) is 10.2 Å². The molecule has 1 N–H and O–H groups in total. The van der Waals surface area contributed by atoms with Gasteiger partial charge in [0.05, 0.1) is 13.2 Å². The fraction of sp³-hybridized carbons (Fsp3) is 0.500. The summed E-state index contributed by atoms with van der Waals surface area (Å²) in [5.41, 5.74) is 1.18. The zero-order chi connectivity index (χ0) is 15.4. The molecule has 21 heavy (non-hydrogen) atoms. The van der Waals surface area contributed by atoms with Gasteiger partial charge in [-0.1, -0.05) is 37.3 Å². The second-order valence-electron chi connectivity index (χ2n) is 5.59. The first-order valence-corrected chi connectivity index (χ1v) is 7.19. The molecule has 5 nitrogen and oxygen atoms in total. The minimum Gasteiger partial charge on any atom is -0.467 e. The predicted molar refractivity (Wildman–Crippen MR) is 79.4 cm³/mol. The number of esters is 1. The largest absolute Gasteiger partial charge is 0.467 e. The number of amides is 1. The number of rotatable bonds is 5. The van der Waals surface area contributed by atoms with Gasteiger partial charge in [0.25, 0.3) is 0 Å². The number of nitrogens with zero attached hydrogens (tertiary/aromatic N) is 1. The van der Waals surface area contributed by atoms with Crippen molar-refractivity contribution in [3.05, 3.63) is 35.9 Å². The van der Waals surface area contributed by atoms with E-state index in [2.05, 4.69) is 34.0 Å². The number of likely N-dealkylation sites (tertiary alicyclic amines) is 1. The third-order valence-corrected chi connectivity index (χ3v) is 3.87. The summed E-state index contributed by atoms with van der Waals surface area (Å²) in [6, 6.07) is 9.26. The lowest BCUT2D eigenvalue weighted by atomic mass is 9.88. The third kappa shape index (κ3) is 3.61. The number of hydrogen-bond donors (Lipinski definition) is 1. The molecule has 1 amide bonds. The third-order valence-electron chi connectivity index (χ3n) is 3.87. The van der Waals surface area contributed by atoms with Crippen LogP contribution < -0.4 is 5.32 Å². The van der Waals surface area contributed by atoms with Crippen LogP contribution in [0.15, 0.2) is 30.3 Å². The van der Waals surface area contributed by atoms with Gasteiger partial charge < -0.3 is 10.1 Å². The van der Waals surface area contributed by atoms with E-state index in [4.69, 9.17) is 0 Å². The lowest BCUT2D eigenvalue weighted by molar-refractivity contribution is -0.147. The minimum absolute atomic E-state index is 0.109. The Balaban J connectivity index is 1.94. The zero-order valence-corrected chi connectivity index (χ0v) is 12.7. The zero-order valence-electron chi connectivity index (χ0n) is 12.7. The lowest BCUT2D eigenvalue weighted by Crippen LogP contribution is -2.62. The Morgan fingerprint density at radius 1 is 1.38 bits per heavy atom. The quantitative estimate of drug-likeness (QED) is 0.828. The van der Waals surface area contributed by atoms with Crippen LogP contribution in [0.2, 0.25) is 0 Å². The predicted octanol–water partition coefficient (Wildman–Crippen LogP) is 1.18. The van der Waals surface area contributed by atoms with Crippen molar-refractivity contribution >= 4 is 11.9 Å². The van der Waals surface area contributed by atoms with Gasteiger partial charge in [-0.25, -0.2) is 4.79 Å². The van der Waals surface area contributed by atoms with Crippen molar-refractivity contribution in [3.63, 3.8) is 0 Å². The molecule has 5 heteroatoms. The van der Waals surface area contributed by atoms with Gasteiger partial charge in [-0.3, -0.25) is 9.69 Å². The molecule has 0 bridgehead atoms. The van der Waals surface area contributed by atoms with Crippen LogP contribution in [0.5, 0.6) is 0 Å². The summed E-state index contributed by atoms with van der Waals surface area (Å²) in [4.78, 5) is 25.8. The molecule has 0 aliphatic carbocycles. The summed E-state index contributed by atoms with van der Waals surface area (Å²) in [6.07, 6.45) is 0. The Morgan fingerprint density at radius 3 is 2.62 bits per heavy atom. The first-order chi connectivity index (χ1) is 10.0. The Hall–Kier alpha value is -1.88. The second kappa shape index (κ2) is 6.72. The van der Waals surface area contributed by atoms with E-state index in [1.165, 1.54) is 12.7 Å². The molecule has 0 spiro atoms. The fourth-order valence-corrected chi connectivity index (χ4v) is 2.74. The summed E-state index contributed by atoms with van der Waals surface area (Å²) < 4.78 is 4.63. The molecule has 1 aliphatic rings. The molecular formula is C16H22N2O3. The molecule has 1 unspecified atom stereocenters. The molecule has 1 aliphatic heterocycles. The average molecular weight is 290 g/mol. The lowest BCUT2D eigenvalue weighted by Gasteiger charge is -2.45. The van der Waals surface area contributed by atoms with E-state index in [1.807, 2.05) is 18.2 Å². The molecule has 2 rings (SSSR count). The molecule has 1 aromatic carbocycles. The molecule has 0 radical (unpaired) electrons. The maximum absolute atomic E-state index is 12.3. The minimum atomic E-state index is -0.617. The summed E-state index contributed by atoms with van der Waals surface area (Å²) in [5.74, 6) is -0.244. The van der Waals surface area contributed by atoms with Gasteiger partial charge >= 0.3 is 5.97 Å². The summed E-state index contributed by atoms with van der Waals surface area (Å²) >= 11 is 0. The van der Waals surface area contributed by atoms with Crippen LogP contribution in [0.25, 0.3) is 0 Å². The highest BCUT2D eigenvalue weighted by atomic mass is 16.5. The highest BCUT2D eigenvalue weighted by molar-refractivity contribution is 5.88. The topological polar surface area (TPSA) is 58.6 Å². The van der Waals surface area contributed by atoms with Gasteiger partial charge in [0.1, 0.15) is 6.04 Å². The number of ether oxygens (including phenoxy) is 1. The van der Waals surface area contributed by atoms with Crippen LogP contribution in [-0.4, -0.2) is 42.5 Å². The van der Waals surface area contributed by atoms with Gasteiger partial charge in [-0.15, -0.1) is 0 Å². The van der Waals surface area contributed by atoms with Crippen molar-refractivity contribution in [2.24, 2.45) is 5.92 Å². The van der Waals surface area contributed by atoms with E-state index in [0.717, 1.165) is 13.1 Å². The Kier molecular flexibility index (Phi) is 4.96.